The molecule has 1 N–H and O–H groups in total. The smallest absolute Gasteiger partial charge is 0.443 e. The second-order valence-corrected chi connectivity index (χ2v) is 5.46. The standard InChI is InChI=1S/C11H12F3NO2S/c12-11(13,14)10-15-5-8(18-10)6-3-1-2-4-7(6)9(16)17/h5-7H,1-4H2,(H,16,17). The molecule has 1 aliphatic carbocycles. The summed E-state index contributed by atoms with van der Waals surface area (Å²) in [5.74, 6) is -1.84. The van der Waals surface area contributed by atoms with E-state index in [4.69, 9.17) is 5.11 Å². The van der Waals surface area contributed by atoms with Gasteiger partial charge in [0.25, 0.3) is 0 Å². The summed E-state index contributed by atoms with van der Waals surface area (Å²) in [7, 11) is 0. The van der Waals surface area contributed by atoms with Gasteiger partial charge < -0.3 is 5.11 Å². The monoisotopic (exact) mass is 279 g/mol. The van der Waals surface area contributed by atoms with Crippen LogP contribution >= 0.6 is 11.3 Å². The van der Waals surface area contributed by atoms with Crippen molar-refractivity contribution < 1.29 is 23.1 Å². The maximum Gasteiger partial charge on any atom is 0.443 e. The Hall–Kier alpha value is -1.11. The van der Waals surface area contributed by atoms with Crippen molar-refractivity contribution in [2.45, 2.75) is 37.8 Å². The molecule has 0 spiro atoms. The van der Waals surface area contributed by atoms with Gasteiger partial charge in [0.2, 0.25) is 0 Å². The minimum atomic E-state index is -4.45. The normalized spacial score (nSPS) is 25.1. The Labute approximate surface area is 106 Å². The summed E-state index contributed by atoms with van der Waals surface area (Å²) < 4.78 is 37.4. The van der Waals surface area contributed by atoms with Gasteiger partial charge in [0, 0.05) is 17.0 Å². The van der Waals surface area contributed by atoms with E-state index in [-0.39, 0.29) is 5.92 Å². The lowest BCUT2D eigenvalue weighted by atomic mass is 9.79. The number of rotatable bonds is 2. The van der Waals surface area contributed by atoms with E-state index in [1.165, 1.54) is 6.20 Å². The Morgan fingerprint density at radius 3 is 2.61 bits per heavy atom. The molecule has 0 aliphatic heterocycles. The number of thiazole rings is 1. The van der Waals surface area contributed by atoms with Crippen LogP contribution in [0.4, 0.5) is 13.2 Å². The van der Waals surface area contributed by atoms with Crippen molar-refractivity contribution in [2.24, 2.45) is 5.92 Å². The highest BCUT2D eigenvalue weighted by Crippen LogP contribution is 2.42. The van der Waals surface area contributed by atoms with Gasteiger partial charge in [-0.2, -0.15) is 13.2 Å². The Morgan fingerprint density at radius 2 is 2.06 bits per heavy atom. The third-order valence-corrected chi connectivity index (χ3v) is 4.39. The van der Waals surface area contributed by atoms with Crippen LogP contribution in [0.25, 0.3) is 0 Å². The van der Waals surface area contributed by atoms with Gasteiger partial charge in [0.05, 0.1) is 5.92 Å². The Bertz CT molecular complexity index is 444. The van der Waals surface area contributed by atoms with Gasteiger partial charge in [0.1, 0.15) is 0 Å². The van der Waals surface area contributed by atoms with Gasteiger partial charge >= 0.3 is 12.1 Å². The fraction of sp³-hybridized carbons (Fsp3) is 0.636. The first-order valence-electron chi connectivity index (χ1n) is 5.65. The molecule has 1 aromatic heterocycles. The molecule has 0 bridgehead atoms. The highest BCUT2D eigenvalue weighted by atomic mass is 32.1. The number of aromatic nitrogens is 1. The summed E-state index contributed by atoms with van der Waals surface area (Å²) in [5, 5.41) is 8.20. The molecule has 0 aromatic carbocycles. The highest BCUT2D eigenvalue weighted by Gasteiger charge is 2.38. The lowest BCUT2D eigenvalue weighted by Crippen LogP contribution is -2.24. The molecule has 1 heterocycles. The van der Waals surface area contributed by atoms with Crippen LogP contribution in [0.3, 0.4) is 0 Å². The van der Waals surface area contributed by atoms with Crippen molar-refractivity contribution in [2.75, 3.05) is 0 Å². The molecular formula is C11H12F3NO2S. The van der Waals surface area contributed by atoms with Crippen molar-refractivity contribution in [3.63, 3.8) is 0 Å². The first-order valence-corrected chi connectivity index (χ1v) is 6.47. The number of alkyl halides is 3. The molecule has 18 heavy (non-hydrogen) atoms. The van der Waals surface area contributed by atoms with E-state index in [1.54, 1.807) is 0 Å². The molecule has 2 atom stereocenters. The van der Waals surface area contributed by atoms with Crippen LogP contribution in [-0.4, -0.2) is 16.1 Å². The van der Waals surface area contributed by atoms with Crippen molar-refractivity contribution in [3.8, 4) is 0 Å². The lowest BCUT2D eigenvalue weighted by molar-refractivity contribution is -0.143. The number of hydrogen-bond acceptors (Lipinski definition) is 3. The molecule has 1 saturated carbocycles. The predicted molar refractivity (Wildman–Crippen MR) is 59.5 cm³/mol. The summed E-state index contributed by atoms with van der Waals surface area (Å²) in [4.78, 5) is 14.9. The molecule has 2 rings (SSSR count). The number of carboxylic acids is 1. The molecule has 7 heteroatoms. The number of carboxylic acid groups (broad SMARTS) is 1. The Kier molecular flexibility index (Phi) is 3.61. The number of hydrogen-bond donors (Lipinski definition) is 1. The van der Waals surface area contributed by atoms with Crippen LogP contribution in [0.5, 0.6) is 0 Å². The van der Waals surface area contributed by atoms with E-state index in [1.807, 2.05) is 0 Å². The first-order chi connectivity index (χ1) is 8.39. The van der Waals surface area contributed by atoms with Gasteiger partial charge in [-0.3, -0.25) is 4.79 Å². The fourth-order valence-electron chi connectivity index (χ4n) is 2.36. The quantitative estimate of drug-likeness (QED) is 0.901. The Morgan fingerprint density at radius 1 is 1.39 bits per heavy atom. The van der Waals surface area contributed by atoms with Crippen LogP contribution in [-0.2, 0) is 11.0 Å². The molecule has 1 aliphatic rings. The second kappa shape index (κ2) is 4.87. The van der Waals surface area contributed by atoms with Gasteiger partial charge in [-0.25, -0.2) is 4.98 Å². The third-order valence-electron chi connectivity index (χ3n) is 3.21. The van der Waals surface area contributed by atoms with Crippen molar-refractivity contribution in [1.29, 1.82) is 0 Å². The summed E-state index contributed by atoms with van der Waals surface area (Å²) >= 11 is 0.568. The average molecular weight is 279 g/mol. The minimum absolute atomic E-state index is 0.329. The maximum atomic E-state index is 12.5. The fourth-order valence-corrected chi connectivity index (χ4v) is 3.34. The molecular weight excluding hydrogens is 267 g/mol. The predicted octanol–water partition coefficient (Wildman–Crippen LogP) is 3.52. The minimum Gasteiger partial charge on any atom is -0.481 e. The molecule has 1 aromatic rings. The summed E-state index contributed by atoms with van der Waals surface area (Å²) in [5.41, 5.74) is 0. The molecule has 1 fully saturated rings. The van der Waals surface area contributed by atoms with Gasteiger partial charge in [-0.05, 0) is 12.8 Å². The molecule has 2 unspecified atom stereocenters. The van der Waals surface area contributed by atoms with E-state index in [0.717, 1.165) is 12.8 Å². The third kappa shape index (κ3) is 2.66. The molecule has 0 radical (unpaired) electrons. The molecule has 0 saturated heterocycles. The van der Waals surface area contributed by atoms with Crippen molar-refractivity contribution >= 4 is 17.3 Å². The van der Waals surface area contributed by atoms with Crippen LogP contribution in [0.15, 0.2) is 6.20 Å². The summed E-state index contributed by atoms with van der Waals surface area (Å²) in [6.45, 7) is 0. The van der Waals surface area contributed by atoms with E-state index < -0.39 is 23.1 Å². The van der Waals surface area contributed by atoms with Crippen molar-refractivity contribution in [1.82, 2.24) is 4.98 Å². The van der Waals surface area contributed by atoms with Crippen molar-refractivity contribution in [3.05, 3.63) is 16.1 Å². The zero-order valence-corrected chi connectivity index (χ0v) is 10.2. The largest absolute Gasteiger partial charge is 0.481 e. The summed E-state index contributed by atoms with van der Waals surface area (Å²) in [6, 6.07) is 0. The van der Waals surface area contributed by atoms with E-state index in [0.29, 0.717) is 29.1 Å². The molecule has 100 valence electrons. The van der Waals surface area contributed by atoms with Crippen LogP contribution in [0, 0.1) is 5.92 Å². The lowest BCUT2D eigenvalue weighted by Gasteiger charge is -2.27. The van der Waals surface area contributed by atoms with Gasteiger partial charge in [0.15, 0.2) is 5.01 Å². The second-order valence-electron chi connectivity index (χ2n) is 4.40. The van der Waals surface area contributed by atoms with Gasteiger partial charge in [-0.1, -0.05) is 12.8 Å². The molecule has 0 amide bonds. The maximum absolute atomic E-state index is 12.5. The molecule has 3 nitrogen and oxygen atoms in total. The van der Waals surface area contributed by atoms with Crippen LogP contribution < -0.4 is 0 Å². The topological polar surface area (TPSA) is 50.2 Å². The first kappa shape index (κ1) is 13.3. The number of aliphatic carboxylic acids is 1. The average Bonchev–Trinajstić information content (AvgIpc) is 2.77. The number of carbonyl (C=O) groups is 1. The zero-order chi connectivity index (χ0) is 13.3. The highest BCUT2D eigenvalue weighted by molar-refractivity contribution is 7.11. The van der Waals surface area contributed by atoms with Crippen LogP contribution in [0.2, 0.25) is 0 Å². The Balaban J connectivity index is 2.24. The number of halogens is 3. The SMILES string of the molecule is O=C(O)C1CCCCC1c1cnc(C(F)(F)F)s1. The van der Waals surface area contributed by atoms with Crippen LogP contribution in [0.1, 0.15) is 41.5 Å². The zero-order valence-electron chi connectivity index (χ0n) is 9.41. The van der Waals surface area contributed by atoms with E-state index in [2.05, 4.69) is 4.98 Å². The van der Waals surface area contributed by atoms with E-state index >= 15 is 0 Å². The van der Waals surface area contributed by atoms with E-state index in [9.17, 15) is 18.0 Å². The number of nitrogens with zero attached hydrogens (tertiary/aromatic N) is 1. The van der Waals surface area contributed by atoms with Gasteiger partial charge in [-0.15, -0.1) is 11.3 Å². The summed E-state index contributed by atoms with van der Waals surface area (Å²) in [6.07, 6.45) is -0.447.